The van der Waals surface area contributed by atoms with Crippen LogP contribution >= 0.6 is 0 Å². The Labute approximate surface area is 99.1 Å². The Morgan fingerprint density at radius 1 is 1.44 bits per heavy atom. The zero-order chi connectivity index (χ0) is 12.8. The van der Waals surface area contributed by atoms with E-state index in [9.17, 15) is 4.79 Å². The van der Waals surface area contributed by atoms with Gasteiger partial charge in [0.15, 0.2) is 0 Å². The van der Waals surface area contributed by atoms with Crippen LogP contribution in [0.15, 0.2) is 0 Å². The molecule has 0 fully saturated rings. The van der Waals surface area contributed by atoms with Crippen LogP contribution in [-0.2, 0) is 4.74 Å². The van der Waals surface area contributed by atoms with E-state index in [-0.39, 0.29) is 12.1 Å². The van der Waals surface area contributed by atoms with E-state index < -0.39 is 5.60 Å². The molecule has 16 heavy (non-hydrogen) atoms. The van der Waals surface area contributed by atoms with Gasteiger partial charge in [0.25, 0.3) is 0 Å². The molecule has 0 bridgehead atoms. The monoisotopic (exact) mass is 230 g/mol. The van der Waals surface area contributed by atoms with Crippen LogP contribution in [0.1, 0.15) is 47.5 Å². The van der Waals surface area contributed by atoms with Gasteiger partial charge < -0.3 is 15.4 Å². The van der Waals surface area contributed by atoms with Gasteiger partial charge in [0.1, 0.15) is 5.60 Å². The normalized spacial score (nSPS) is 13.4. The molecule has 0 spiro atoms. The van der Waals surface area contributed by atoms with E-state index in [1.54, 1.807) is 4.90 Å². The topological polar surface area (TPSA) is 55.6 Å². The number of hydrogen-bond donors (Lipinski definition) is 1. The average Bonchev–Trinajstić information content (AvgIpc) is 2.08. The lowest BCUT2D eigenvalue weighted by Gasteiger charge is -2.28. The smallest absolute Gasteiger partial charge is 0.410 e. The molecular formula is C12H26N2O2. The van der Waals surface area contributed by atoms with Gasteiger partial charge in [-0.05, 0) is 34.1 Å². The van der Waals surface area contributed by atoms with Crippen LogP contribution in [0.3, 0.4) is 0 Å². The predicted octanol–water partition coefficient (Wildman–Crippen LogP) is 2.37. The van der Waals surface area contributed by atoms with E-state index >= 15 is 0 Å². The summed E-state index contributed by atoms with van der Waals surface area (Å²) in [5.41, 5.74) is 5.27. The Morgan fingerprint density at radius 2 is 2.00 bits per heavy atom. The van der Waals surface area contributed by atoms with E-state index in [0.717, 1.165) is 12.8 Å². The first-order valence-electron chi connectivity index (χ1n) is 5.99. The van der Waals surface area contributed by atoms with Crippen molar-refractivity contribution < 1.29 is 9.53 Å². The van der Waals surface area contributed by atoms with Crippen molar-refractivity contribution in [2.45, 2.75) is 59.1 Å². The van der Waals surface area contributed by atoms with Crippen LogP contribution in [0, 0.1) is 0 Å². The minimum Gasteiger partial charge on any atom is -0.444 e. The van der Waals surface area contributed by atoms with E-state index in [0.29, 0.717) is 13.1 Å². The number of rotatable bonds is 5. The van der Waals surface area contributed by atoms with Crippen molar-refractivity contribution >= 4 is 6.09 Å². The maximum absolute atomic E-state index is 11.8. The third-order valence-corrected chi connectivity index (χ3v) is 1.94. The second-order valence-electron chi connectivity index (χ2n) is 5.26. The molecule has 0 aliphatic heterocycles. The molecular weight excluding hydrogens is 204 g/mol. The molecule has 0 rings (SSSR count). The summed E-state index contributed by atoms with van der Waals surface area (Å²) in [5.74, 6) is 0. The summed E-state index contributed by atoms with van der Waals surface area (Å²) in [4.78, 5) is 13.5. The number of nitrogens with two attached hydrogens (primary N) is 1. The highest BCUT2D eigenvalue weighted by atomic mass is 16.6. The van der Waals surface area contributed by atoms with Crippen molar-refractivity contribution in [1.29, 1.82) is 0 Å². The molecule has 96 valence electrons. The number of amides is 1. The lowest BCUT2D eigenvalue weighted by molar-refractivity contribution is 0.0239. The number of ether oxygens (including phenoxy) is 1. The first-order chi connectivity index (χ1) is 7.26. The summed E-state index contributed by atoms with van der Waals surface area (Å²) in [6, 6.07) is -0.0237. The fourth-order valence-electron chi connectivity index (χ4n) is 1.28. The fraction of sp³-hybridized carbons (Fsp3) is 0.917. The number of hydrogen-bond acceptors (Lipinski definition) is 3. The Balaban J connectivity index is 4.31. The second kappa shape index (κ2) is 6.74. The predicted molar refractivity (Wildman–Crippen MR) is 66.4 cm³/mol. The van der Waals surface area contributed by atoms with Gasteiger partial charge in [-0.1, -0.05) is 13.3 Å². The third-order valence-electron chi connectivity index (χ3n) is 1.94. The fourth-order valence-corrected chi connectivity index (χ4v) is 1.28. The summed E-state index contributed by atoms with van der Waals surface area (Å²) in [7, 11) is 0. The van der Waals surface area contributed by atoms with Gasteiger partial charge >= 0.3 is 6.09 Å². The molecule has 1 amide bonds. The van der Waals surface area contributed by atoms with Crippen molar-refractivity contribution in [1.82, 2.24) is 4.90 Å². The zero-order valence-electron chi connectivity index (χ0n) is 11.2. The SMILES string of the molecule is CCCCN(C[C@H](C)N)C(=O)OC(C)(C)C. The Hall–Kier alpha value is -0.770. The van der Waals surface area contributed by atoms with E-state index in [2.05, 4.69) is 6.92 Å². The lowest BCUT2D eigenvalue weighted by atomic mass is 10.2. The van der Waals surface area contributed by atoms with Crippen molar-refractivity contribution in [3.8, 4) is 0 Å². The summed E-state index contributed by atoms with van der Waals surface area (Å²) < 4.78 is 5.33. The molecule has 4 nitrogen and oxygen atoms in total. The molecule has 2 N–H and O–H groups in total. The molecule has 0 aliphatic carbocycles. The largest absolute Gasteiger partial charge is 0.444 e. The Kier molecular flexibility index (Phi) is 6.41. The zero-order valence-corrected chi connectivity index (χ0v) is 11.2. The summed E-state index contributed by atoms with van der Waals surface area (Å²) in [6.45, 7) is 10.9. The van der Waals surface area contributed by atoms with Gasteiger partial charge in [-0.2, -0.15) is 0 Å². The molecule has 1 atom stereocenters. The van der Waals surface area contributed by atoms with Gasteiger partial charge in [-0.15, -0.1) is 0 Å². The van der Waals surface area contributed by atoms with Gasteiger partial charge in [0, 0.05) is 19.1 Å². The second-order valence-corrected chi connectivity index (χ2v) is 5.26. The van der Waals surface area contributed by atoms with Crippen LogP contribution in [0.25, 0.3) is 0 Å². The third kappa shape index (κ3) is 7.51. The molecule has 0 aromatic rings. The van der Waals surface area contributed by atoms with E-state index in [1.807, 2.05) is 27.7 Å². The molecule has 4 heteroatoms. The summed E-state index contributed by atoms with van der Waals surface area (Å²) in [5, 5.41) is 0. The first-order valence-corrected chi connectivity index (χ1v) is 5.99. The average molecular weight is 230 g/mol. The molecule has 0 saturated carbocycles. The number of nitrogens with zero attached hydrogens (tertiary/aromatic N) is 1. The molecule has 0 radical (unpaired) electrons. The molecule has 0 aromatic heterocycles. The molecule has 0 aromatic carbocycles. The number of unbranched alkanes of at least 4 members (excludes halogenated alkanes) is 1. The van der Waals surface area contributed by atoms with E-state index in [4.69, 9.17) is 10.5 Å². The Bertz CT molecular complexity index is 210. The van der Waals surface area contributed by atoms with Crippen LogP contribution < -0.4 is 5.73 Å². The lowest BCUT2D eigenvalue weighted by Crippen LogP contribution is -2.43. The summed E-state index contributed by atoms with van der Waals surface area (Å²) >= 11 is 0. The van der Waals surface area contributed by atoms with Crippen LogP contribution in [0.2, 0.25) is 0 Å². The van der Waals surface area contributed by atoms with Crippen molar-refractivity contribution in [2.75, 3.05) is 13.1 Å². The molecule has 0 aliphatic rings. The standard InChI is InChI=1S/C12H26N2O2/c1-6-7-8-14(9-10(2)13)11(15)16-12(3,4)5/h10H,6-9,13H2,1-5H3/t10-/m0/s1. The molecule has 0 saturated heterocycles. The van der Waals surface area contributed by atoms with E-state index in [1.165, 1.54) is 0 Å². The first kappa shape index (κ1) is 15.2. The van der Waals surface area contributed by atoms with Gasteiger partial charge in [-0.25, -0.2) is 4.79 Å². The maximum atomic E-state index is 11.8. The van der Waals surface area contributed by atoms with Crippen molar-refractivity contribution in [2.24, 2.45) is 5.73 Å². The van der Waals surface area contributed by atoms with Crippen LogP contribution in [0.4, 0.5) is 4.79 Å². The van der Waals surface area contributed by atoms with Gasteiger partial charge in [0.05, 0.1) is 0 Å². The number of carbonyl (C=O) groups is 1. The minimum atomic E-state index is -0.445. The van der Waals surface area contributed by atoms with Crippen LogP contribution in [0.5, 0.6) is 0 Å². The maximum Gasteiger partial charge on any atom is 0.410 e. The minimum absolute atomic E-state index is 0.0237. The summed E-state index contributed by atoms with van der Waals surface area (Å²) in [6.07, 6.45) is 1.77. The Morgan fingerprint density at radius 3 is 2.38 bits per heavy atom. The number of carbonyl (C=O) groups excluding carboxylic acids is 1. The van der Waals surface area contributed by atoms with Gasteiger partial charge in [-0.3, -0.25) is 0 Å². The quantitative estimate of drug-likeness (QED) is 0.789. The van der Waals surface area contributed by atoms with Crippen molar-refractivity contribution in [3.05, 3.63) is 0 Å². The highest BCUT2D eigenvalue weighted by molar-refractivity contribution is 5.68. The van der Waals surface area contributed by atoms with Crippen molar-refractivity contribution in [3.63, 3.8) is 0 Å². The highest BCUT2D eigenvalue weighted by Crippen LogP contribution is 2.10. The molecule has 0 unspecified atom stereocenters. The van der Waals surface area contributed by atoms with Gasteiger partial charge in [0.2, 0.25) is 0 Å². The molecule has 0 heterocycles. The highest BCUT2D eigenvalue weighted by Gasteiger charge is 2.22. The van der Waals surface area contributed by atoms with Crippen LogP contribution in [-0.4, -0.2) is 35.7 Å².